The second kappa shape index (κ2) is 4.89. The maximum absolute atomic E-state index is 13.4. The summed E-state index contributed by atoms with van der Waals surface area (Å²) in [5, 5.41) is 0. The van der Waals surface area contributed by atoms with Gasteiger partial charge < -0.3 is 14.7 Å². The standard InChI is InChI=1S/C14H14F3N3O2/c1-7-6-19-13(10-5-4-9(22-10)12(18)21)20(7)11(8-2-3-8)14(15,16)17/h4-6,8,11H,2-3H2,1H3,(H2,18,21). The molecule has 1 aliphatic carbocycles. The Kier molecular flexibility index (Phi) is 3.26. The molecule has 1 saturated carbocycles. The molecule has 5 nitrogen and oxygen atoms in total. The van der Waals surface area contributed by atoms with Crippen molar-refractivity contribution in [1.29, 1.82) is 0 Å². The predicted octanol–water partition coefficient (Wildman–Crippen LogP) is 3.06. The number of furan rings is 1. The molecule has 0 aliphatic heterocycles. The minimum atomic E-state index is -4.37. The van der Waals surface area contributed by atoms with E-state index in [4.69, 9.17) is 10.2 Å². The topological polar surface area (TPSA) is 74.1 Å². The summed E-state index contributed by atoms with van der Waals surface area (Å²) in [6.07, 6.45) is -1.94. The van der Waals surface area contributed by atoms with Gasteiger partial charge in [-0.05, 0) is 37.8 Å². The van der Waals surface area contributed by atoms with Gasteiger partial charge in [0.2, 0.25) is 0 Å². The number of nitrogens with two attached hydrogens (primary N) is 1. The molecular formula is C14H14F3N3O2. The van der Waals surface area contributed by atoms with E-state index in [-0.39, 0.29) is 17.3 Å². The third kappa shape index (κ3) is 2.49. The van der Waals surface area contributed by atoms with Gasteiger partial charge in [0.25, 0.3) is 5.91 Å². The summed E-state index contributed by atoms with van der Waals surface area (Å²) < 4.78 is 46.7. The van der Waals surface area contributed by atoms with Crippen molar-refractivity contribution < 1.29 is 22.4 Å². The van der Waals surface area contributed by atoms with E-state index in [1.54, 1.807) is 6.92 Å². The average molecular weight is 313 g/mol. The summed E-state index contributed by atoms with van der Waals surface area (Å²) in [7, 11) is 0. The largest absolute Gasteiger partial charge is 0.448 e. The van der Waals surface area contributed by atoms with Crippen molar-refractivity contribution in [3.63, 3.8) is 0 Å². The molecule has 22 heavy (non-hydrogen) atoms. The second-order valence-corrected chi connectivity index (χ2v) is 5.45. The van der Waals surface area contributed by atoms with Crippen molar-refractivity contribution in [3.8, 4) is 11.6 Å². The first-order valence-corrected chi connectivity index (χ1v) is 6.79. The van der Waals surface area contributed by atoms with E-state index in [1.165, 1.54) is 18.3 Å². The Morgan fingerprint density at radius 3 is 2.64 bits per heavy atom. The van der Waals surface area contributed by atoms with Gasteiger partial charge in [0.1, 0.15) is 6.04 Å². The molecule has 0 saturated heterocycles. The molecule has 3 rings (SSSR count). The van der Waals surface area contributed by atoms with Crippen LogP contribution in [0.2, 0.25) is 0 Å². The van der Waals surface area contributed by atoms with Crippen molar-refractivity contribution in [3.05, 3.63) is 29.8 Å². The smallest absolute Gasteiger partial charge is 0.409 e. The Morgan fingerprint density at radius 2 is 2.14 bits per heavy atom. The van der Waals surface area contributed by atoms with Crippen LogP contribution in [0.1, 0.15) is 35.1 Å². The van der Waals surface area contributed by atoms with Gasteiger partial charge in [-0.2, -0.15) is 13.2 Å². The van der Waals surface area contributed by atoms with Crippen LogP contribution in [0.5, 0.6) is 0 Å². The molecule has 0 bridgehead atoms. The van der Waals surface area contributed by atoms with Gasteiger partial charge in [0, 0.05) is 11.9 Å². The number of hydrogen-bond donors (Lipinski definition) is 1. The zero-order valence-corrected chi connectivity index (χ0v) is 11.7. The highest BCUT2D eigenvalue weighted by Crippen LogP contribution is 2.49. The highest BCUT2D eigenvalue weighted by Gasteiger charge is 2.51. The fourth-order valence-electron chi connectivity index (χ4n) is 2.61. The molecule has 8 heteroatoms. The number of nitrogens with zero attached hydrogens (tertiary/aromatic N) is 2. The van der Waals surface area contributed by atoms with Crippen LogP contribution in [0.4, 0.5) is 13.2 Å². The van der Waals surface area contributed by atoms with E-state index in [1.807, 2.05) is 0 Å². The number of hydrogen-bond acceptors (Lipinski definition) is 3. The van der Waals surface area contributed by atoms with Crippen LogP contribution in [0.15, 0.2) is 22.7 Å². The van der Waals surface area contributed by atoms with Crippen LogP contribution in [0.3, 0.4) is 0 Å². The van der Waals surface area contributed by atoms with Gasteiger partial charge in [-0.25, -0.2) is 4.98 Å². The number of aryl methyl sites for hydroxylation is 1. The van der Waals surface area contributed by atoms with E-state index in [2.05, 4.69) is 4.98 Å². The van der Waals surface area contributed by atoms with Crippen molar-refractivity contribution in [2.45, 2.75) is 32.0 Å². The summed E-state index contributed by atoms with van der Waals surface area (Å²) >= 11 is 0. The van der Waals surface area contributed by atoms with Gasteiger partial charge in [-0.3, -0.25) is 4.79 Å². The van der Waals surface area contributed by atoms with Crippen LogP contribution in [0.25, 0.3) is 11.6 Å². The van der Waals surface area contributed by atoms with Gasteiger partial charge in [-0.15, -0.1) is 0 Å². The molecule has 0 aromatic carbocycles. The number of rotatable bonds is 4. The third-order valence-corrected chi connectivity index (χ3v) is 3.73. The highest BCUT2D eigenvalue weighted by molar-refractivity contribution is 5.90. The molecule has 2 N–H and O–H groups in total. The molecule has 2 heterocycles. The number of halogens is 3. The van der Waals surface area contributed by atoms with Gasteiger partial charge >= 0.3 is 6.18 Å². The Morgan fingerprint density at radius 1 is 1.45 bits per heavy atom. The Balaban J connectivity index is 2.08. The zero-order chi connectivity index (χ0) is 16.1. The van der Waals surface area contributed by atoms with E-state index in [0.717, 1.165) is 4.57 Å². The Bertz CT molecular complexity index is 713. The normalized spacial score (nSPS) is 16.7. The average Bonchev–Trinajstić information content (AvgIpc) is 2.96. The minimum Gasteiger partial charge on any atom is -0.448 e. The van der Waals surface area contributed by atoms with E-state index in [9.17, 15) is 18.0 Å². The highest BCUT2D eigenvalue weighted by atomic mass is 19.4. The maximum Gasteiger partial charge on any atom is 0.409 e. The SMILES string of the molecule is Cc1cnc(-c2ccc(C(N)=O)o2)n1C(C1CC1)C(F)(F)F. The number of carbonyl (C=O) groups excluding carboxylic acids is 1. The summed E-state index contributed by atoms with van der Waals surface area (Å²) in [5.41, 5.74) is 5.49. The Labute approximate surface area is 123 Å². The van der Waals surface area contributed by atoms with Gasteiger partial charge in [-0.1, -0.05) is 0 Å². The minimum absolute atomic E-state index is 0.0548. The van der Waals surface area contributed by atoms with Crippen molar-refractivity contribution in [1.82, 2.24) is 9.55 Å². The lowest BCUT2D eigenvalue weighted by molar-refractivity contribution is -0.173. The lowest BCUT2D eigenvalue weighted by atomic mass is 10.1. The molecule has 1 aliphatic rings. The number of alkyl halides is 3. The van der Waals surface area contributed by atoms with Crippen molar-refractivity contribution >= 4 is 5.91 Å². The molecule has 1 amide bonds. The number of primary amides is 1. The molecule has 2 aromatic rings. The van der Waals surface area contributed by atoms with Crippen LogP contribution >= 0.6 is 0 Å². The molecule has 1 atom stereocenters. The van der Waals surface area contributed by atoms with E-state index < -0.39 is 24.0 Å². The molecule has 0 spiro atoms. The molecule has 1 unspecified atom stereocenters. The first-order chi connectivity index (χ1) is 10.3. The lowest BCUT2D eigenvalue weighted by Crippen LogP contribution is -2.29. The monoisotopic (exact) mass is 313 g/mol. The summed E-state index contributed by atoms with van der Waals surface area (Å²) in [5.74, 6) is -1.19. The summed E-state index contributed by atoms with van der Waals surface area (Å²) in [6.45, 7) is 1.57. The molecule has 0 radical (unpaired) electrons. The third-order valence-electron chi connectivity index (χ3n) is 3.73. The molecular weight excluding hydrogens is 299 g/mol. The second-order valence-electron chi connectivity index (χ2n) is 5.45. The molecule has 118 valence electrons. The summed E-state index contributed by atoms with van der Waals surface area (Å²) in [4.78, 5) is 15.1. The zero-order valence-electron chi connectivity index (χ0n) is 11.7. The fourth-order valence-corrected chi connectivity index (χ4v) is 2.61. The predicted molar refractivity (Wildman–Crippen MR) is 71.0 cm³/mol. The number of carbonyl (C=O) groups is 1. The van der Waals surface area contributed by atoms with E-state index in [0.29, 0.717) is 18.5 Å². The van der Waals surface area contributed by atoms with Crippen LogP contribution < -0.4 is 5.73 Å². The number of imidazole rings is 1. The van der Waals surface area contributed by atoms with Crippen LogP contribution in [-0.4, -0.2) is 21.6 Å². The van der Waals surface area contributed by atoms with Crippen LogP contribution in [-0.2, 0) is 0 Å². The molecule has 2 aromatic heterocycles. The van der Waals surface area contributed by atoms with Gasteiger partial charge in [0.15, 0.2) is 17.3 Å². The summed E-state index contributed by atoms with van der Waals surface area (Å²) in [6, 6.07) is 1.09. The maximum atomic E-state index is 13.4. The molecule has 1 fully saturated rings. The number of amides is 1. The first-order valence-electron chi connectivity index (χ1n) is 6.79. The van der Waals surface area contributed by atoms with Gasteiger partial charge in [0.05, 0.1) is 0 Å². The van der Waals surface area contributed by atoms with Crippen LogP contribution in [0, 0.1) is 12.8 Å². The van der Waals surface area contributed by atoms with E-state index >= 15 is 0 Å². The fraction of sp³-hybridized carbons (Fsp3) is 0.429. The first kappa shape index (κ1) is 14.7. The van der Waals surface area contributed by atoms with Crippen molar-refractivity contribution in [2.24, 2.45) is 11.7 Å². The quantitative estimate of drug-likeness (QED) is 0.942. The van der Waals surface area contributed by atoms with Crippen molar-refractivity contribution in [2.75, 3.05) is 0 Å². The Hall–Kier alpha value is -2.25. The lowest BCUT2D eigenvalue weighted by Gasteiger charge is -2.24. The number of aromatic nitrogens is 2.